The molecule has 3 rings (SSSR count). The smallest absolute Gasteiger partial charge is 0.0964 e. The van der Waals surface area contributed by atoms with Gasteiger partial charge in [-0.15, -0.1) is 0 Å². The number of hydrogen-bond acceptors (Lipinski definition) is 2. The number of rotatable bonds is 1. The van der Waals surface area contributed by atoms with Gasteiger partial charge < -0.3 is 0 Å². The van der Waals surface area contributed by atoms with Crippen molar-refractivity contribution in [2.24, 2.45) is 0 Å². The highest BCUT2D eigenvalue weighted by atomic mass is 14.7. The first-order chi connectivity index (χ1) is 7.88. The minimum Gasteiger partial charge on any atom is -0.254 e. The van der Waals surface area contributed by atoms with Gasteiger partial charge in [0.15, 0.2) is 0 Å². The van der Waals surface area contributed by atoms with Gasteiger partial charge in [-0.2, -0.15) is 0 Å². The molecule has 3 aromatic rings. The van der Waals surface area contributed by atoms with Crippen molar-refractivity contribution in [2.75, 3.05) is 0 Å². The maximum absolute atomic E-state index is 4.52. The molecule has 0 saturated carbocycles. The van der Waals surface area contributed by atoms with Gasteiger partial charge in [0.1, 0.15) is 0 Å². The summed E-state index contributed by atoms with van der Waals surface area (Å²) >= 11 is 0. The van der Waals surface area contributed by atoms with Crippen LogP contribution in [-0.2, 0) is 6.42 Å². The quantitative estimate of drug-likeness (QED) is 0.573. The third kappa shape index (κ3) is 1.34. The van der Waals surface area contributed by atoms with Crippen LogP contribution in [0.3, 0.4) is 0 Å². The molecule has 2 nitrogen and oxygen atoms in total. The Labute approximate surface area is 94.0 Å². The van der Waals surface area contributed by atoms with Crippen molar-refractivity contribution < 1.29 is 0 Å². The van der Waals surface area contributed by atoms with Crippen molar-refractivity contribution in [3.63, 3.8) is 0 Å². The van der Waals surface area contributed by atoms with E-state index < -0.39 is 0 Å². The average molecular weight is 208 g/mol. The number of hydrogen-bond donors (Lipinski definition) is 0. The fourth-order valence-electron chi connectivity index (χ4n) is 1.98. The normalized spacial score (nSPS) is 11.1. The van der Waals surface area contributed by atoms with Gasteiger partial charge in [-0.05, 0) is 24.1 Å². The summed E-state index contributed by atoms with van der Waals surface area (Å²) in [6.45, 7) is 2.14. The van der Waals surface area contributed by atoms with Crippen LogP contribution in [0.2, 0.25) is 0 Å². The molecule has 0 fully saturated rings. The molecule has 0 amide bonds. The monoisotopic (exact) mass is 208 g/mol. The summed E-state index contributed by atoms with van der Waals surface area (Å²) in [5, 5.41) is 2.32. The predicted molar refractivity (Wildman–Crippen MR) is 66.4 cm³/mol. The minimum atomic E-state index is 0.989. The first kappa shape index (κ1) is 9.28. The molecule has 0 aliphatic carbocycles. The summed E-state index contributed by atoms with van der Waals surface area (Å²) < 4.78 is 0. The lowest BCUT2D eigenvalue weighted by molar-refractivity contribution is 1.12. The van der Waals surface area contributed by atoms with Crippen LogP contribution in [0.25, 0.3) is 21.8 Å². The van der Waals surface area contributed by atoms with Crippen LogP contribution in [0.15, 0.2) is 42.7 Å². The van der Waals surface area contributed by atoms with Crippen LogP contribution in [0.1, 0.15) is 12.5 Å². The van der Waals surface area contributed by atoms with Gasteiger partial charge in [-0.1, -0.05) is 25.1 Å². The van der Waals surface area contributed by atoms with Crippen LogP contribution in [0.5, 0.6) is 0 Å². The predicted octanol–water partition coefficient (Wildman–Crippen LogP) is 3.35. The summed E-state index contributed by atoms with van der Waals surface area (Å²) in [6, 6.07) is 10.4. The number of aromatic nitrogens is 2. The van der Waals surface area contributed by atoms with E-state index in [1.165, 1.54) is 10.9 Å². The van der Waals surface area contributed by atoms with Crippen LogP contribution < -0.4 is 0 Å². The van der Waals surface area contributed by atoms with Crippen molar-refractivity contribution in [1.29, 1.82) is 0 Å². The Morgan fingerprint density at radius 1 is 1.00 bits per heavy atom. The SMILES string of the molecule is CCc1cnc2c(ccc3cccnc32)c1. The molecule has 0 atom stereocenters. The van der Waals surface area contributed by atoms with E-state index >= 15 is 0 Å². The number of aryl methyl sites for hydroxylation is 1. The van der Waals surface area contributed by atoms with Crippen molar-refractivity contribution in [1.82, 2.24) is 9.97 Å². The lowest BCUT2D eigenvalue weighted by Gasteiger charge is -2.03. The van der Waals surface area contributed by atoms with Gasteiger partial charge in [0.05, 0.1) is 11.0 Å². The fourth-order valence-corrected chi connectivity index (χ4v) is 1.98. The molecular weight excluding hydrogens is 196 g/mol. The summed E-state index contributed by atoms with van der Waals surface area (Å²) in [5.74, 6) is 0. The van der Waals surface area contributed by atoms with E-state index in [9.17, 15) is 0 Å². The van der Waals surface area contributed by atoms with Crippen molar-refractivity contribution in [2.45, 2.75) is 13.3 Å². The Morgan fingerprint density at radius 2 is 1.81 bits per heavy atom. The molecule has 0 bridgehead atoms. The Balaban J connectivity index is 2.43. The van der Waals surface area contributed by atoms with Gasteiger partial charge in [0.2, 0.25) is 0 Å². The highest BCUT2D eigenvalue weighted by Gasteiger charge is 2.02. The van der Waals surface area contributed by atoms with Crippen LogP contribution in [-0.4, -0.2) is 9.97 Å². The number of pyridine rings is 2. The van der Waals surface area contributed by atoms with Gasteiger partial charge >= 0.3 is 0 Å². The third-order valence-electron chi connectivity index (χ3n) is 2.89. The highest BCUT2D eigenvalue weighted by Crippen LogP contribution is 2.22. The second-order valence-corrected chi connectivity index (χ2v) is 3.91. The molecule has 2 heterocycles. The third-order valence-corrected chi connectivity index (χ3v) is 2.89. The molecule has 78 valence electrons. The molecule has 0 saturated heterocycles. The molecule has 0 aliphatic heterocycles. The molecule has 16 heavy (non-hydrogen) atoms. The van der Waals surface area contributed by atoms with E-state index in [-0.39, 0.29) is 0 Å². The Hall–Kier alpha value is -1.96. The highest BCUT2D eigenvalue weighted by molar-refractivity contribution is 6.02. The van der Waals surface area contributed by atoms with Crippen LogP contribution in [0.4, 0.5) is 0 Å². The van der Waals surface area contributed by atoms with Crippen molar-refractivity contribution in [3.05, 3.63) is 48.3 Å². The molecule has 0 spiro atoms. The first-order valence-electron chi connectivity index (χ1n) is 5.51. The van der Waals surface area contributed by atoms with Crippen molar-refractivity contribution >= 4 is 21.8 Å². The van der Waals surface area contributed by atoms with E-state index in [2.05, 4.69) is 41.2 Å². The summed E-state index contributed by atoms with van der Waals surface area (Å²) in [5.41, 5.74) is 3.25. The molecule has 0 radical (unpaired) electrons. The molecule has 0 aliphatic rings. The van der Waals surface area contributed by atoms with Crippen LogP contribution >= 0.6 is 0 Å². The lowest BCUT2D eigenvalue weighted by atomic mass is 10.1. The maximum atomic E-state index is 4.52. The second-order valence-electron chi connectivity index (χ2n) is 3.91. The van der Waals surface area contributed by atoms with E-state index in [4.69, 9.17) is 0 Å². The largest absolute Gasteiger partial charge is 0.254 e. The zero-order valence-electron chi connectivity index (χ0n) is 9.14. The average Bonchev–Trinajstić information content (AvgIpc) is 2.38. The number of benzene rings is 1. The molecule has 2 aromatic heterocycles. The topological polar surface area (TPSA) is 25.8 Å². The zero-order valence-corrected chi connectivity index (χ0v) is 9.14. The van der Waals surface area contributed by atoms with E-state index in [1.807, 2.05) is 18.5 Å². The van der Waals surface area contributed by atoms with Gasteiger partial charge in [-0.3, -0.25) is 9.97 Å². The Bertz CT molecular complexity index is 659. The van der Waals surface area contributed by atoms with Gasteiger partial charge in [0.25, 0.3) is 0 Å². The van der Waals surface area contributed by atoms with E-state index in [1.54, 1.807) is 0 Å². The summed E-state index contributed by atoms with van der Waals surface area (Å²) in [7, 11) is 0. The molecule has 0 N–H and O–H groups in total. The Kier molecular flexibility index (Phi) is 2.07. The Morgan fingerprint density at radius 3 is 2.69 bits per heavy atom. The molecule has 0 unspecified atom stereocenters. The van der Waals surface area contributed by atoms with Gasteiger partial charge in [-0.25, -0.2) is 0 Å². The standard InChI is InChI=1S/C14H12N2/c1-2-10-8-12-6-5-11-4-3-7-15-13(11)14(12)16-9-10/h3-9H,2H2,1H3. The molecular formula is C14H12N2. The number of fused-ring (bicyclic) bond motifs is 3. The minimum absolute atomic E-state index is 0.989. The van der Waals surface area contributed by atoms with E-state index in [0.717, 1.165) is 22.8 Å². The fraction of sp³-hybridized carbons (Fsp3) is 0.143. The van der Waals surface area contributed by atoms with Crippen molar-refractivity contribution in [3.8, 4) is 0 Å². The van der Waals surface area contributed by atoms with E-state index in [0.29, 0.717) is 0 Å². The summed E-state index contributed by atoms with van der Waals surface area (Å²) in [6.07, 6.45) is 4.77. The zero-order chi connectivity index (χ0) is 11.0. The maximum Gasteiger partial charge on any atom is 0.0964 e. The second kappa shape index (κ2) is 3.56. The van der Waals surface area contributed by atoms with Crippen LogP contribution in [0, 0.1) is 0 Å². The first-order valence-corrected chi connectivity index (χ1v) is 5.51. The molecule has 2 heteroatoms. The summed E-state index contributed by atoms with van der Waals surface area (Å²) in [4.78, 5) is 8.92. The number of nitrogens with zero attached hydrogens (tertiary/aromatic N) is 2. The van der Waals surface area contributed by atoms with Gasteiger partial charge in [0, 0.05) is 23.2 Å². The molecule has 1 aromatic carbocycles. The lowest BCUT2D eigenvalue weighted by Crippen LogP contribution is -1.87.